The lowest BCUT2D eigenvalue weighted by molar-refractivity contribution is -1.00. The summed E-state index contributed by atoms with van der Waals surface area (Å²) in [5.74, 6) is -1.77. The number of hydrogen-bond acceptors (Lipinski definition) is 7. The number of ether oxygens (including phenoxy) is 2. The van der Waals surface area contributed by atoms with Crippen LogP contribution in [-0.2, 0) is 33.5 Å². The van der Waals surface area contributed by atoms with Crippen LogP contribution in [0.15, 0.2) is 16.8 Å². The average molecular weight is 424 g/mol. The zero-order chi connectivity index (χ0) is 21.6. The summed E-state index contributed by atoms with van der Waals surface area (Å²) in [6, 6.07) is 1.97. The highest BCUT2D eigenvalue weighted by Gasteiger charge is 2.35. The molecule has 0 aliphatic rings. The zero-order valence-corrected chi connectivity index (χ0v) is 17.9. The zero-order valence-electron chi connectivity index (χ0n) is 17.1. The minimum absolute atomic E-state index is 0.0927. The van der Waals surface area contributed by atoms with Crippen LogP contribution in [0, 0.1) is 0 Å². The molecule has 2 aromatic heterocycles. The van der Waals surface area contributed by atoms with Gasteiger partial charge in [-0.1, -0.05) is 0 Å². The molecule has 158 valence electrons. The number of nitrogens with zero attached hydrogens (tertiary/aromatic N) is 1. The Balaban J connectivity index is 2.55. The molecule has 0 aliphatic heterocycles. The van der Waals surface area contributed by atoms with Crippen LogP contribution in [0.2, 0.25) is 0 Å². The first-order chi connectivity index (χ1) is 13.7. The molecule has 0 bridgehead atoms. The van der Waals surface area contributed by atoms with Gasteiger partial charge in [-0.05, 0) is 49.1 Å². The van der Waals surface area contributed by atoms with Crippen LogP contribution in [0.3, 0.4) is 0 Å². The van der Waals surface area contributed by atoms with E-state index >= 15 is 0 Å². The fourth-order valence-electron chi connectivity index (χ4n) is 2.94. The van der Waals surface area contributed by atoms with Crippen molar-refractivity contribution in [2.75, 3.05) is 27.3 Å². The van der Waals surface area contributed by atoms with Gasteiger partial charge in [0.1, 0.15) is 14.1 Å². The van der Waals surface area contributed by atoms with Crippen molar-refractivity contribution < 1.29 is 33.7 Å². The highest BCUT2D eigenvalue weighted by Crippen LogP contribution is 2.26. The molecule has 29 heavy (non-hydrogen) atoms. The van der Waals surface area contributed by atoms with Gasteiger partial charge in [-0.2, -0.15) is 11.3 Å². The van der Waals surface area contributed by atoms with E-state index in [0.29, 0.717) is 18.4 Å². The number of nitrogens with one attached hydrogen (secondary N) is 1. The Morgan fingerprint density at radius 2 is 1.83 bits per heavy atom. The van der Waals surface area contributed by atoms with E-state index in [2.05, 4.69) is 4.98 Å². The van der Waals surface area contributed by atoms with Gasteiger partial charge >= 0.3 is 17.8 Å². The van der Waals surface area contributed by atoms with Crippen molar-refractivity contribution in [3.63, 3.8) is 0 Å². The predicted molar refractivity (Wildman–Crippen MR) is 107 cm³/mol. The fourth-order valence-corrected chi connectivity index (χ4v) is 3.65. The topological polar surface area (TPSA) is 106 Å². The van der Waals surface area contributed by atoms with Crippen molar-refractivity contribution in [2.45, 2.75) is 33.1 Å². The summed E-state index contributed by atoms with van der Waals surface area (Å²) < 4.78 is 9.22. The molecule has 0 saturated heterocycles. The predicted octanol–water partition coefficient (Wildman–Crippen LogP) is 2.75. The summed E-state index contributed by atoms with van der Waals surface area (Å²) >= 11 is 1.56. The van der Waals surface area contributed by atoms with Crippen LogP contribution in [0.5, 0.6) is 0 Å². The molecule has 0 aromatic carbocycles. The molecule has 0 fully saturated rings. The summed E-state index contributed by atoms with van der Waals surface area (Å²) in [5, 5.41) is 14.1. The van der Waals surface area contributed by atoms with Crippen molar-refractivity contribution in [1.29, 1.82) is 0 Å². The molecule has 0 atom stereocenters. The molecule has 2 N–H and O–H groups in total. The summed E-state index contributed by atoms with van der Waals surface area (Å²) in [6.45, 7) is 3.72. The molecule has 0 aliphatic carbocycles. The number of rotatable bonds is 9. The molecule has 1 amide bonds. The lowest BCUT2D eigenvalue weighted by Crippen LogP contribution is -2.42. The quantitative estimate of drug-likeness (QED) is 0.278. The van der Waals surface area contributed by atoms with E-state index in [1.54, 1.807) is 25.2 Å². The Hall–Kier alpha value is -2.49. The molecule has 0 unspecified atom stereocenters. The van der Waals surface area contributed by atoms with Crippen LogP contribution < -0.4 is 0 Å². The number of aromatic amines is 1. The number of hydrogen-bond donors (Lipinski definition) is 2. The minimum atomic E-state index is -0.951. The van der Waals surface area contributed by atoms with Gasteiger partial charge in [0.15, 0.2) is 5.69 Å². The number of aromatic nitrogens is 1. The molecule has 2 rings (SSSR count). The van der Waals surface area contributed by atoms with E-state index in [0.717, 1.165) is 5.56 Å². The Bertz CT molecular complexity index is 864. The summed E-state index contributed by atoms with van der Waals surface area (Å²) in [7, 11) is 2.64. The Kier molecular flexibility index (Phi) is 7.72. The van der Waals surface area contributed by atoms with Crippen LogP contribution in [0.1, 0.15) is 51.5 Å². The van der Waals surface area contributed by atoms with Crippen molar-refractivity contribution in [3.8, 4) is 0 Å². The molecule has 0 radical (unpaired) electrons. The molecular formula is C20H27N2O6S+. The van der Waals surface area contributed by atoms with Gasteiger partial charge < -0.3 is 14.5 Å². The van der Waals surface area contributed by atoms with Gasteiger partial charge in [-0.25, -0.2) is 14.8 Å². The Morgan fingerprint density at radius 3 is 2.38 bits per heavy atom. The molecule has 2 heterocycles. The first kappa shape index (κ1) is 22.8. The Labute approximate surface area is 173 Å². The number of aryl methyl sites for hydroxylation is 1. The standard InChI is InChI=1S/C20H26N2O6S/c1-5-27-16(23)11-15-17(20(25)28-6-2)14(8-7-13-9-10-29-12-13)18(21-15)19(24)22(3,4)26/h9-10,12,26H,5-8,11H2,1-4H3/p+1. The number of quaternary nitrogens is 1. The molecule has 0 spiro atoms. The van der Waals surface area contributed by atoms with E-state index in [1.807, 2.05) is 16.8 Å². The molecule has 0 saturated carbocycles. The maximum atomic E-state index is 12.8. The summed E-state index contributed by atoms with van der Waals surface area (Å²) in [5.41, 5.74) is 1.99. The second kappa shape index (κ2) is 9.82. The molecule has 2 aromatic rings. The van der Waals surface area contributed by atoms with Gasteiger partial charge in [-0.15, -0.1) is 4.65 Å². The lowest BCUT2D eigenvalue weighted by Gasteiger charge is -2.16. The van der Waals surface area contributed by atoms with Crippen molar-refractivity contribution in [2.24, 2.45) is 0 Å². The summed E-state index contributed by atoms with van der Waals surface area (Å²) in [4.78, 5) is 40.5. The van der Waals surface area contributed by atoms with Crippen LogP contribution in [-0.4, -0.2) is 60.0 Å². The molecule has 9 heteroatoms. The number of thiophene rings is 1. The number of amides is 1. The van der Waals surface area contributed by atoms with Crippen LogP contribution >= 0.6 is 11.3 Å². The second-order valence-electron chi connectivity index (χ2n) is 6.87. The van der Waals surface area contributed by atoms with Gasteiger partial charge in [0.2, 0.25) is 0 Å². The highest BCUT2D eigenvalue weighted by atomic mass is 32.1. The average Bonchev–Trinajstić information content (AvgIpc) is 3.26. The first-order valence-electron chi connectivity index (χ1n) is 9.38. The minimum Gasteiger partial charge on any atom is -0.466 e. The Morgan fingerprint density at radius 1 is 1.14 bits per heavy atom. The fraction of sp³-hybridized carbons (Fsp3) is 0.450. The maximum Gasteiger partial charge on any atom is 0.393 e. The highest BCUT2D eigenvalue weighted by molar-refractivity contribution is 7.07. The number of carbonyl (C=O) groups excluding carboxylic acids is 3. The van der Waals surface area contributed by atoms with Crippen molar-refractivity contribution >= 4 is 29.2 Å². The van der Waals surface area contributed by atoms with E-state index in [9.17, 15) is 19.6 Å². The van der Waals surface area contributed by atoms with Crippen LogP contribution in [0.25, 0.3) is 0 Å². The first-order valence-corrected chi connectivity index (χ1v) is 10.3. The van der Waals surface area contributed by atoms with E-state index < -0.39 is 22.5 Å². The van der Waals surface area contributed by atoms with Gasteiger partial charge in [0.05, 0.1) is 25.2 Å². The van der Waals surface area contributed by atoms with E-state index in [4.69, 9.17) is 9.47 Å². The monoisotopic (exact) mass is 423 g/mol. The summed E-state index contributed by atoms with van der Waals surface area (Å²) in [6.07, 6.45) is 0.747. The van der Waals surface area contributed by atoms with Gasteiger partial charge in [-0.3, -0.25) is 4.79 Å². The normalized spacial score (nSPS) is 11.3. The van der Waals surface area contributed by atoms with Gasteiger partial charge in [0.25, 0.3) is 0 Å². The second-order valence-corrected chi connectivity index (χ2v) is 7.65. The SMILES string of the molecule is CCOC(=O)Cc1[nH]c(C(=O)[N+](C)(C)O)c(CCc2ccsc2)c1C(=O)OCC. The molecular weight excluding hydrogens is 396 g/mol. The smallest absolute Gasteiger partial charge is 0.393 e. The van der Waals surface area contributed by atoms with E-state index in [-0.39, 0.29) is 36.6 Å². The van der Waals surface area contributed by atoms with Crippen LogP contribution in [0.4, 0.5) is 0 Å². The van der Waals surface area contributed by atoms with Crippen molar-refractivity contribution in [1.82, 2.24) is 4.98 Å². The lowest BCUT2D eigenvalue weighted by atomic mass is 10.00. The maximum absolute atomic E-state index is 12.8. The third-order valence-electron chi connectivity index (χ3n) is 4.24. The number of H-pyrrole nitrogens is 1. The number of hydroxylamine groups is 3. The largest absolute Gasteiger partial charge is 0.466 e. The van der Waals surface area contributed by atoms with Crippen molar-refractivity contribution in [3.05, 3.63) is 44.9 Å². The van der Waals surface area contributed by atoms with E-state index in [1.165, 1.54) is 14.1 Å². The number of carbonyl (C=O) groups is 3. The van der Waals surface area contributed by atoms with Gasteiger partial charge in [0, 0.05) is 11.3 Å². The third-order valence-corrected chi connectivity index (χ3v) is 4.97. The number of esters is 2. The molecule has 8 nitrogen and oxygen atoms in total. The third kappa shape index (κ3) is 5.75.